The van der Waals surface area contributed by atoms with Crippen molar-refractivity contribution in [2.45, 2.75) is 20.0 Å². The van der Waals surface area contributed by atoms with E-state index in [4.69, 9.17) is 4.74 Å². The Morgan fingerprint density at radius 2 is 2.27 bits per heavy atom. The lowest BCUT2D eigenvalue weighted by Crippen LogP contribution is -2.05. The molecule has 0 fully saturated rings. The summed E-state index contributed by atoms with van der Waals surface area (Å²) < 4.78 is 17.6. The van der Waals surface area contributed by atoms with Crippen LogP contribution in [-0.2, 0) is 0 Å². The van der Waals surface area contributed by atoms with Gasteiger partial charge in [-0.25, -0.2) is 4.98 Å². The Morgan fingerprint density at radius 1 is 1.55 bits per heavy atom. The summed E-state index contributed by atoms with van der Waals surface area (Å²) in [5.74, 6) is 0.00986. The molecule has 0 amide bonds. The second kappa shape index (κ2) is 3.32. The van der Waals surface area contributed by atoms with Crippen molar-refractivity contribution in [1.82, 2.24) is 4.98 Å². The molecular weight excluding hydrogens is 145 g/mol. The molecule has 1 rings (SSSR count). The lowest BCUT2D eigenvalue weighted by atomic mass is 10.4. The highest BCUT2D eigenvalue weighted by Gasteiger charge is 1.98. The first kappa shape index (κ1) is 7.98. The average Bonchev–Trinajstić information content (AvgIpc) is 1.85. The van der Waals surface area contributed by atoms with E-state index in [0.29, 0.717) is 5.75 Å². The lowest BCUT2D eigenvalue weighted by Gasteiger charge is -2.08. The van der Waals surface area contributed by atoms with E-state index in [1.54, 1.807) is 6.07 Å². The fourth-order valence-corrected chi connectivity index (χ4v) is 0.730. The maximum Gasteiger partial charge on any atom is 0.216 e. The first-order valence-corrected chi connectivity index (χ1v) is 3.46. The number of nitrogens with zero attached hydrogens (tertiary/aromatic N) is 1. The summed E-state index contributed by atoms with van der Waals surface area (Å²) in [6.07, 6.45) is 1.45. The molecule has 2 nitrogen and oxygen atoms in total. The van der Waals surface area contributed by atoms with Crippen molar-refractivity contribution >= 4 is 0 Å². The van der Waals surface area contributed by atoms with E-state index in [9.17, 15) is 4.39 Å². The maximum absolute atomic E-state index is 12.4. The van der Waals surface area contributed by atoms with Crippen LogP contribution in [0, 0.1) is 5.95 Å². The standard InChI is InChI=1S/C8H10FNO/c1-6(2)11-7-3-4-10-8(9)5-7/h3-6H,1-2H3. The SMILES string of the molecule is CC(C)Oc1ccnc(F)c1. The Labute approximate surface area is 65.0 Å². The first-order valence-electron chi connectivity index (χ1n) is 3.46. The quantitative estimate of drug-likeness (QED) is 0.609. The molecule has 3 heteroatoms. The molecule has 11 heavy (non-hydrogen) atoms. The zero-order chi connectivity index (χ0) is 8.27. The molecule has 0 aromatic carbocycles. The highest BCUT2D eigenvalue weighted by Crippen LogP contribution is 2.11. The molecule has 1 aromatic rings. The van der Waals surface area contributed by atoms with Crippen molar-refractivity contribution in [2.24, 2.45) is 0 Å². The van der Waals surface area contributed by atoms with E-state index in [2.05, 4.69) is 4.98 Å². The molecule has 0 saturated heterocycles. The van der Waals surface area contributed by atoms with Gasteiger partial charge in [-0.05, 0) is 19.9 Å². The van der Waals surface area contributed by atoms with E-state index in [1.807, 2.05) is 13.8 Å². The molecule has 60 valence electrons. The number of halogens is 1. The Balaban J connectivity index is 2.71. The zero-order valence-electron chi connectivity index (χ0n) is 6.54. The molecule has 0 N–H and O–H groups in total. The third-order valence-corrected chi connectivity index (χ3v) is 1.07. The second-order valence-electron chi connectivity index (χ2n) is 2.48. The summed E-state index contributed by atoms with van der Waals surface area (Å²) in [7, 11) is 0. The van der Waals surface area contributed by atoms with Crippen molar-refractivity contribution < 1.29 is 9.13 Å². The summed E-state index contributed by atoms with van der Waals surface area (Å²) in [6, 6.07) is 2.89. The average molecular weight is 155 g/mol. The highest BCUT2D eigenvalue weighted by molar-refractivity contribution is 5.17. The third kappa shape index (κ3) is 2.53. The van der Waals surface area contributed by atoms with Crippen LogP contribution in [0.1, 0.15) is 13.8 Å². The van der Waals surface area contributed by atoms with Crippen molar-refractivity contribution in [3.05, 3.63) is 24.3 Å². The fraction of sp³-hybridized carbons (Fsp3) is 0.375. The van der Waals surface area contributed by atoms with Gasteiger partial charge in [0.2, 0.25) is 5.95 Å². The number of ether oxygens (including phenoxy) is 1. The van der Waals surface area contributed by atoms with Crippen LogP contribution in [-0.4, -0.2) is 11.1 Å². The first-order chi connectivity index (χ1) is 5.18. The van der Waals surface area contributed by atoms with E-state index in [-0.39, 0.29) is 6.10 Å². The third-order valence-electron chi connectivity index (χ3n) is 1.07. The van der Waals surface area contributed by atoms with Crippen LogP contribution in [0.2, 0.25) is 0 Å². The molecule has 0 spiro atoms. The molecule has 0 aliphatic carbocycles. The molecule has 0 bridgehead atoms. The highest BCUT2D eigenvalue weighted by atomic mass is 19.1. The summed E-state index contributed by atoms with van der Waals surface area (Å²) in [5.41, 5.74) is 0. The molecule has 1 aromatic heterocycles. The minimum atomic E-state index is -0.511. The van der Waals surface area contributed by atoms with Gasteiger partial charge in [-0.3, -0.25) is 0 Å². The minimum absolute atomic E-state index is 0.0665. The Hall–Kier alpha value is -1.12. The van der Waals surface area contributed by atoms with E-state index >= 15 is 0 Å². The van der Waals surface area contributed by atoms with Gasteiger partial charge in [-0.15, -0.1) is 0 Å². The smallest absolute Gasteiger partial charge is 0.216 e. The van der Waals surface area contributed by atoms with Gasteiger partial charge in [0.15, 0.2) is 0 Å². The zero-order valence-corrected chi connectivity index (χ0v) is 6.54. The summed E-state index contributed by atoms with van der Waals surface area (Å²) in [6.45, 7) is 3.77. The Morgan fingerprint density at radius 3 is 2.82 bits per heavy atom. The van der Waals surface area contributed by atoms with Crippen LogP contribution in [0.15, 0.2) is 18.3 Å². The van der Waals surface area contributed by atoms with Crippen LogP contribution >= 0.6 is 0 Å². The number of rotatable bonds is 2. The molecule has 0 radical (unpaired) electrons. The van der Waals surface area contributed by atoms with Crippen molar-refractivity contribution in [3.8, 4) is 5.75 Å². The second-order valence-corrected chi connectivity index (χ2v) is 2.48. The summed E-state index contributed by atoms with van der Waals surface area (Å²) >= 11 is 0. The Kier molecular flexibility index (Phi) is 2.41. The molecule has 1 heterocycles. The van der Waals surface area contributed by atoms with Crippen LogP contribution in [0.4, 0.5) is 4.39 Å². The van der Waals surface area contributed by atoms with Gasteiger partial charge < -0.3 is 4.74 Å². The van der Waals surface area contributed by atoms with Gasteiger partial charge in [0, 0.05) is 12.3 Å². The summed E-state index contributed by atoms with van der Waals surface area (Å²) in [5, 5.41) is 0. The molecule has 0 unspecified atom stereocenters. The molecular formula is C8H10FNO. The lowest BCUT2D eigenvalue weighted by molar-refractivity contribution is 0.241. The number of hydrogen-bond donors (Lipinski definition) is 0. The van der Waals surface area contributed by atoms with E-state index in [1.165, 1.54) is 12.3 Å². The monoisotopic (exact) mass is 155 g/mol. The molecule has 0 saturated carbocycles. The van der Waals surface area contributed by atoms with E-state index < -0.39 is 5.95 Å². The largest absolute Gasteiger partial charge is 0.491 e. The molecule has 0 atom stereocenters. The van der Waals surface area contributed by atoms with Gasteiger partial charge in [-0.1, -0.05) is 0 Å². The van der Waals surface area contributed by atoms with Crippen LogP contribution in [0.25, 0.3) is 0 Å². The Bertz CT molecular complexity index is 237. The van der Waals surface area contributed by atoms with Gasteiger partial charge in [0.1, 0.15) is 5.75 Å². The predicted molar refractivity (Wildman–Crippen MR) is 40.0 cm³/mol. The van der Waals surface area contributed by atoms with Crippen LogP contribution < -0.4 is 4.74 Å². The van der Waals surface area contributed by atoms with Gasteiger partial charge in [-0.2, -0.15) is 4.39 Å². The number of aromatic nitrogens is 1. The van der Waals surface area contributed by atoms with Crippen LogP contribution in [0.5, 0.6) is 5.75 Å². The minimum Gasteiger partial charge on any atom is -0.491 e. The fourth-order valence-electron chi connectivity index (χ4n) is 0.730. The molecule has 0 aliphatic rings. The van der Waals surface area contributed by atoms with Gasteiger partial charge in [0.05, 0.1) is 6.10 Å². The van der Waals surface area contributed by atoms with Crippen molar-refractivity contribution in [2.75, 3.05) is 0 Å². The van der Waals surface area contributed by atoms with Crippen molar-refractivity contribution in [1.29, 1.82) is 0 Å². The molecule has 0 aliphatic heterocycles. The van der Waals surface area contributed by atoms with E-state index in [0.717, 1.165) is 0 Å². The van der Waals surface area contributed by atoms with Crippen LogP contribution in [0.3, 0.4) is 0 Å². The predicted octanol–water partition coefficient (Wildman–Crippen LogP) is 2.01. The van der Waals surface area contributed by atoms with Crippen molar-refractivity contribution in [3.63, 3.8) is 0 Å². The summed E-state index contributed by atoms with van der Waals surface area (Å²) in [4.78, 5) is 3.40. The van der Waals surface area contributed by atoms with Gasteiger partial charge in [0.25, 0.3) is 0 Å². The topological polar surface area (TPSA) is 22.1 Å². The number of pyridine rings is 1. The maximum atomic E-state index is 12.4. The number of hydrogen-bond acceptors (Lipinski definition) is 2. The normalized spacial score (nSPS) is 10.2. The van der Waals surface area contributed by atoms with Gasteiger partial charge >= 0.3 is 0 Å².